The van der Waals surface area contributed by atoms with Gasteiger partial charge < -0.3 is 9.47 Å². The third kappa shape index (κ3) is 5.40. The lowest BCUT2D eigenvalue weighted by Crippen LogP contribution is -2.04. The lowest BCUT2D eigenvalue weighted by molar-refractivity contribution is 0.414. The summed E-state index contributed by atoms with van der Waals surface area (Å²) < 4.78 is 14.3. The minimum Gasteiger partial charge on any atom is -0.497 e. The fourth-order valence-corrected chi connectivity index (χ4v) is 3.49. The minimum absolute atomic E-state index is 0.680. The van der Waals surface area contributed by atoms with E-state index in [0.29, 0.717) is 13.1 Å². The van der Waals surface area contributed by atoms with Crippen molar-refractivity contribution in [2.75, 3.05) is 14.2 Å². The third-order valence-electron chi connectivity index (χ3n) is 5.73. The van der Waals surface area contributed by atoms with Crippen LogP contribution in [-0.4, -0.2) is 46.2 Å². The quantitative estimate of drug-likeness (QED) is 0.278. The number of aromatic nitrogens is 4. The maximum atomic E-state index is 5.21. The number of ether oxygens (including phenoxy) is 2. The van der Waals surface area contributed by atoms with E-state index in [-0.39, 0.29) is 0 Å². The first-order valence-corrected chi connectivity index (χ1v) is 10.9. The molecule has 0 aliphatic rings. The number of nitrogens with zero attached hydrogens (tertiary/aromatic N) is 6. The Bertz CT molecular complexity index is 1180. The summed E-state index contributed by atoms with van der Waals surface area (Å²) in [5, 5.41) is 17.4. The zero-order chi connectivity index (χ0) is 23.9. The summed E-state index contributed by atoms with van der Waals surface area (Å²) in [6.45, 7) is 5.41. The highest BCUT2D eigenvalue weighted by atomic mass is 16.5. The van der Waals surface area contributed by atoms with Crippen LogP contribution in [-0.2, 0) is 13.1 Å². The zero-order valence-corrected chi connectivity index (χ0v) is 19.8. The predicted molar refractivity (Wildman–Crippen MR) is 133 cm³/mol. The molecule has 174 valence electrons. The molecule has 2 aromatic carbocycles. The van der Waals surface area contributed by atoms with Crippen molar-refractivity contribution in [1.29, 1.82) is 0 Å². The van der Waals surface area contributed by atoms with Gasteiger partial charge in [0, 0.05) is 22.5 Å². The van der Waals surface area contributed by atoms with E-state index in [2.05, 4.69) is 20.4 Å². The first-order chi connectivity index (χ1) is 16.6. The van der Waals surface area contributed by atoms with Crippen LogP contribution in [0, 0.1) is 13.8 Å². The van der Waals surface area contributed by atoms with Crippen LogP contribution in [0.15, 0.2) is 71.1 Å². The normalized spacial score (nSPS) is 11.5. The number of hydrogen-bond donors (Lipinski definition) is 0. The number of rotatable bonds is 9. The second kappa shape index (κ2) is 10.6. The molecular formula is C26H28N6O2. The second-order valence-electron chi connectivity index (χ2n) is 7.87. The molecule has 8 heteroatoms. The van der Waals surface area contributed by atoms with Crippen LogP contribution < -0.4 is 9.47 Å². The number of benzene rings is 2. The van der Waals surface area contributed by atoms with Crippen molar-refractivity contribution in [1.82, 2.24) is 19.6 Å². The van der Waals surface area contributed by atoms with Crippen LogP contribution in [0.1, 0.15) is 33.6 Å². The molecule has 0 fully saturated rings. The fourth-order valence-electron chi connectivity index (χ4n) is 3.49. The van der Waals surface area contributed by atoms with Crippen molar-refractivity contribution in [2.45, 2.75) is 26.9 Å². The van der Waals surface area contributed by atoms with Crippen LogP contribution in [0.2, 0.25) is 0 Å². The van der Waals surface area contributed by atoms with Crippen LogP contribution in [0.4, 0.5) is 0 Å². The summed E-state index contributed by atoms with van der Waals surface area (Å²) in [5.41, 5.74) is 6.21. The molecule has 0 radical (unpaired) electrons. The third-order valence-corrected chi connectivity index (χ3v) is 5.73. The maximum absolute atomic E-state index is 5.21. The molecule has 2 aromatic heterocycles. The fraction of sp³-hybridized carbons (Fsp3) is 0.231. The first-order valence-electron chi connectivity index (χ1n) is 10.9. The molecule has 0 aliphatic heterocycles. The van der Waals surface area contributed by atoms with Gasteiger partial charge in [-0.3, -0.25) is 9.36 Å². The highest BCUT2D eigenvalue weighted by Gasteiger charge is 2.07. The van der Waals surface area contributed by atoms with E-state index in [4.69, 9.17) is 9.47 Å². The van der Waals surface area contributed by atoms with Crippen molar-refractivity contribution in [3.8, 4) is 11.5 Å². The molecular weight excluding hydrogens is 428 g/mol. The molecule has 0 saturated heterocycles. The monoisotopic (exact) mass is 456 g/mol. The Balaban J connectivity index is 1.37. The van der Waals surface area contributed by atoms with E-state index in [1.165, 1.54) is 0 Å². The van der Waals surface area contributed by atoms with Crippen molar-refractivity contribution >= 4 is 12.4 Å². The minimum atomic E-state index is 0.680. The first kappa shape index (κ1) is 23.0. The van der Waals surface area contributed by atoms with Crippen molar-refractivity contribution in [3.63, 3.8) is 0 Å². The van der Waals surface area contributed by atoms with Crippen LogP contribution in [0.3, 0.4) is 0 Å². The summed E-state index contributed by atoms with van der Waals surface area (Å²) in [6.07, 6.45) is 7.05. The molecule has 0 spiro atoms. The van der Waals surface area contributed by atoms with Gasteiger partial charge in [-0.1, -0.05) is 24.3 Å². The molecule has 0 aliphatic carbocycles. The Hall–Kier alpha value is -4.20. The van der Waals surface area contributed by atoms with Crippen molar-refractivity contribution in [3.05, 3.63) is 94.6 Å². The van der Waals surface area contributed by atoms with E-state index >= 15 is 0 Å². The molecule has 0 saturated carbocycles. The Labute approximate surface area is 199 Å². The maximum Gasteiger partial charge on any atom is 0.118 e. The average molecular weight is 457 g/mol. The van der Waals surface area contributed by atoms with Gasteiger partial charge in [0.25, 0.3) is 0 Å². The zero-order valence-electron chi connectivity index (χ0n) is 19.8. The van der Waals surface area contributed by atoms with E-state index in [9.17, 15) is 0 Å². The van der Waals surface area contributed by atoms with Crippen LogP contribution in [0.25, 0.3) is 0 Å². The van der Waals surface area contributed by atoms with Crippen LogP contribution >= 0.6 is 0 Å². The standard InChI is InChI=1S/C26H28N6O2/c1-19-23(15-29-31(19)17-21-5-9-25(33-3)10-6-21)13-27-28-14-24-16-30-32(20(24)2)18-22-7-11-26(34-4)12-8-22/h5-16H,17-18H2,1-4H3. The van der Waals surface area contributed by atoms with Gasteiger partial charge in [-0.15, -0.1) is 0 Å². The summed E-state index contributed by atoms with van der Waals surface area (Å²) in [4.78, 5) is 0. The number of methoxy groups -OCH3 is 2. The number of hydrogen-bond acceptors (Lipinski definition) is 6. The van der Waals surface area contributed by atoms with E-state index in [0.717, 1.165) is 45.1 Å². The van der Waals surface area contributed by atoms with E-state index in [1.54, 1.807) is 39.0 Å². The van der Waals surface area contributed by atoms with E-state index in [1.807, 2.05) is 71.7 Å². The summed E-state index contributed by atoms with van der Waals surface area (Å²) in [7, 11) is 3.33. The van der Waals surface area contributed by atoms with Crippen molar-refractivity contribution < 1.29 is 9.47 Å². The smallest absolute Gasteiger partial charge is 0.118 e. The van der Waals surface area contributed by atoms with Gasteiger partial charge in [0.2, 0.25) is 0 Å². The molecule has 4 aromatic rings. The second-order valence-corrected chi connectivity index (χ2v) is 7.87. The van der Waals surface area contributed by atoms with Crippen molar-refractivity contribution in [2.24, 2.45) is 10.2 Å². The highest BCUT2D eigenvalue weighted by molar-refractivity contribution is 5.83. The molecule has 4 rings (SSSR count). The largest absolute Gasteiger partial charge is 0.497 e. The lowest BCUT2D eigenvalue weighted by Gasteiger charge is -2.06. The highest BCUT2D eigenvalue weighted by Crippen LogP contribution is 2.15. The summed E-state index contributed by atoms with van der Waals surface area (Å²) >= 11 is 0. The molecule has 0 unspecified atom stereocenters. The van der Waals surface area contributed by atoms with Gasteiger partial charge >= 0.3 is 0 Å². The Morgan fingerprint density at radius 2 is 1.06 bits per heavy atom. The average Bonchev–Trinajstić information content (AvgIpc) is 3.39. The van der Waals surface area contributed by atoms with Gasteiger partial charge in [0.15, 0.2) is 0 Å². The molecule has 34 heavy (non-hydrogen) atoms. The molecule has 0 atom stereocenters. The molecule has 0 amide bonds. The van der Waals surface area contributed by atoms with Gasteiger partial charge in [0.1, 0.15) is 11.5 Å². The topological polar surface area (TPSA) is 78.8 Å². The molecule has 0 bridgehead atoms. The summed E-state index contributed by atoms with van der Waals surface area (Å²) in [5.74, 6) is 1.68. The molecule has 2 heterocycles. The van der Waals surface area contributed by atoms with Gasteiger partial charge in [-0.25, -0.2) is 0 Å². The SMILES string of the molecule is COc1ccc(Cn2ncc(C=NN=Cc3cnn(Cc4ccc(OC)cc4)c3C)c2C)cc1. The van der Waals surface area contributed by atoms with Gasteiger partial charge in [0.05, 0.1) is 52.1 Å². The van der Waals surface area contributed by atoms with Gasteiger partial charge in [-0.2, -0.15) is 20.4 Å². The van der Waals surface area contributed by atoms with Gasteiger partial charge in [-0.05, 0) is 49.2 Å². The molecule has 8 nitrogen and oxygen atoms in total. The Kier molecular flexibility index (Phi) is 7.17. The summed E-state index contributed by atoms with van der Waals surface area (Å²) in [6, 6.07) is 16.0. The Morgan fingerprint density at radius 1 is 0.676 bits per heavy atom. The Morgan fingerprint density at radius 3 is 1.41 bits per heavy atom. The van der Waals surface area contributed by atoms with Crippen LogP contribution in [0.5, 0.6) is 11.5 Å². The predicted octanol–water partition coefficient (Wildman–Crippen LogP) is 4.26. The van der Waals surface area contributed by atoms with E-state index < -0.39 is 0 Å². The lowest BCUT2D eigenvalue weighted by atomic mass is 10.2. The molecule has 0 N–H and O–H groups in total.